The maximum Gasteiger partial charge on any atom is 0.131 e. The van der Waals surface area contributed by atoms with Crippen LogP contribution in [0.25, 0.3) is 10.8 Å². The molecule has 0 saturated heterocycles. The first-order chi connectivity index (χ1) is 7.38. The molecular weight excluding hydrogens is 196 g/mol. The van der Waals surface area contributed by atoms with E-state index in [2.05, 4.69) is 50.0 Å². The van der Waals surface area contributed by atoms with Gasteiger partial charge in [-0.2, -0.15) is 0 Å². The lowest BCUT2D eigenvalue weighted by molar-refractivity contribution is 0.591. The van der Waals surface area contributed by atoms with Gasteiger partial charge in [-0.1, -0.05) is 39.0 Å². The molecule has 2 nitrogen and oxygen atoms in total. The van der Waals surface area contributed by atoms with Crippen LogP contribution in [0, 0.1) is 6.92 Å². The highest BCUT2D eigenvalue weighted by Crippen LogP contribution is 2.28. The molecule has 0 saturated carbocycles. The molecule has 84 valence electrons. The lowest BCUT2D eigenvalue weighted by atomic mass is 9.86. The topological polar surface area (TPSA) is 38.9 Å². The molecule has 0 amide bonds. The van der Waals surface area contributed by atoms with Crippen LogP contribution < -0.4 is 5.73 Å². The van der Waals surface area contributed by atoms with Crippen molar-refractivity contribution in [3.63, 3.8) is 0 Å². The smallest absolute Gasteiger partial charge is 0.131 e. The fourth-order valence-corrected chi connectivity index (χ4v) is 1.89. The van der Waals surface area contributed by atoms with Crippen molar-refractivity contribution in [2.24, 2.45) is 0 Å². The predicted octanol–water partition coefficient (Wildman–Crippen LogP) is 3.42. The Morgan fingerprint density at radius 3 is 2.44 bits per heavy atom. The highest BCUT2D eigenvalue weighted by molar-refractivity contribution is 5.91. The summed E-state index contributed by atoms with van der Waals surface area (Å²) in [6.45, 7) is 8.61. The first-order valence-corrected chi connectivity index (χ1v) is 5.55. The van der Waals surface area contributed by atoms with E-state index in [9.17, 15) is 0 Å². The van der Waals surface area contributed by atoms with Crippen LogP contribution in [0.1, 0.15) is 32.0 Å². The van der Waals surface area contributed by atoms with E-state index < -0.39 is 0 Å². The third kappa shape index (κ3) is 1.87. The number of aryl methyl sites for hydroxylation is 1. The number of nitrogen functional groups attached to an aromatic ring is 1. The van der Waals surface area contributed by atoms with Gasteiger partial charge in [-0.05, 0) is 29.4 Å². The molecule has 16 heavy (non-hydrogen) atoms. The molecule has 0 bridgehead atoms. The third-order valence-electron chi connectivity index (χ3n) is 2.85. The molecule has 0 spiro atoms. The van der Waals surface area contributed by atoms with Crippen LogP contribution in [0.15, 0.2) is 24.3 Å². The van der Waals surface area contributed by atoms with Crippen molar-refractivity contribution in [2.75, 3.05) is 5.73 Å². The maximum absolute atomic E-state index is 5.91. The molecule has 0 aliphatic carbocycles. The zero-order valence-electron chi connectivity index (χ0n) is 10.3. The lowest BCUT2D eigenvalue weighted by Crippen LogP contribution is -2.10. The van der Waals surface area contributed by atoms with Crippen LogP contribution in [0.4, 0.5) is 5.82 Å². The van der Waals surface area contributed by atoms with Gasteiger partial charge in [0.25, 0.3) is 0 Å². The first kappa shape index (κ1) is 10.9. The first-order valence-electron chi connectivity index (χ1n) is 5.55. The second-order valence-electron chi connectivity index (χ2n) is 5.33. The summed E-state index contributed by atoms with van der Waals surface area (Å²) < 4.78 is 0. The molecule has 0 fully saturated rings. The van der Waals surface area contributed by atoms with Crippen molar-refractivity contribution in [3.05, 3.63) is 35.5 Å². The minimum absolute atomic E-state index is 0.167. The molecule has 2 N–H and O–H groups in total. The summed E-state index contributed by atoms with van der Waals surface area (Å²) in [6.07, 6.45) is 0. The number of nitrogens with zero attached hydrogens (tertiary/aromatic N) is 1. The van der Waals surface area contributed by atoms with Crippen molar-refractivity contribution in [1.82, 2.24) is 4.98 Å². The minimum atomic E-state index is 0.167. The Kier molecular flexibility index (Phi) is 2.38. The van der Waals surface area contributed by atoms with Crippen molar-refractivity contribution >= 4 is 16.6 Å². The van der Waals surface area contributed by atoms with E-state index in [0.717, 1.165) is 11.1 Å². The average Bonchev–Trinajstić information content (AvgIpc) is 2.15. The summed E-state index contributed by atoms with van der Waals surface area (Å²) in [6, 6.07) is 8.49. The third-order valence-corrected chi connectivity index (χ3v) is 2.85. The van der Waals surface area contributed by atoms with E-state index in [0.29, 0.717) is 5.82 Å². The van der Waals surface area contributed by atoms with E-state index in [1.54, 1.807) is 0 Å². The van der Waals surface area contributed by atoms with Gasteiger partial charge in [0.1, 0.15) is 5.82 Å². The second-order valence-corrected chi connectivity index (χ2v) is 5.33. The Balaban J connectivity index is 2.71. The number of benzene rings is 1. The lowest BCUT2D eigenvalue weighted by Gasteiger charge is -2.19. The molecule has 1 heterocycles. The van der Waals surface area contributed by atoms with E-state index in [4.69, 9.17) is 5.73 Å². The van der Waals surface area contributed by atoms with Gasteiger partial charge in [-0.15, -0.1) is 0 Å². The van der Waals surface area contributed by atoms with Gasteiger partial charge < -0.3 is 5.73 Å². The molecule has 2 aromatic rings. The average molecular weight is 214 g/mol. The van der Waals surface area contributed by atoms with E-state index in [1.807, 2.05) is 6.92 Å². The fourth-order valence-electron chi connectivity index (χ4n) is 1.89. The van der Waals surface area contributed by atoms with Gasteiger partial charge in [0, 0.05) is 11.1 Å². The Morgan fingerprint density at radius 2 is 1.81 bits per heavy atom. The normalized spacial score (nSPS) is 12.0. The Morgan fingerprint density at radius 1 is 1.12 bits per heavy atom. The molecule has 0 aliphatic heterocycles. The number of hydrogen-bond donors (Lipinski definition) is 1. The van der Waals surface area contributed by atoms with Gasteiger partial charge in [0.15, 0.2) is 0 Å². The molecule has 2 heteroatoms. The minimum Gasteiger partial charge on any atom is -0.383 e. The maximum atomic E-state index is 5.91. The highest BCUT2D eigenvalue weighted by Gasteiger charge is 2.14. The van der Waals surface area contributed by atoms with Crippen molar-refractivity contribution in [1.29, 1.82) is 0 Å². The van der Waals surface area contributed by atoms with Gasteiger partial charge in [-0.3, -0.25) is 0 Å². The SMILES string of the molecule is Cc1cc2cc(C(C)(C)C)ccc2c(N)n1. The zero-order valence-corrected chi connectivity index (χ0v) is 10.3. The molecule has 1 aromatic heterocycles. The fraction of sp³-hybridized carbons (Fsp3) is 0.357. The van der Waals surface area contributed by atoms with E-state index >= 15 is 0 Å². The van der Waals surface area contributed by atoms with Crippen molar-refractivity contribution in [3.8, 4) is 0 Å². The number of anilines is 1. The van der Waals surface area contributed by atoms with Gasteiger partial charge in [0.05, 0.1) is 0 Å². The number of nitrogens with two attached hydrogens (primary N) is 1. The highest BCUT2D eigenvalue weighted by atomic mass is 14.8. The largest absolute Gasteiger partial charge is 0.383 e. The van der Waals surface area contributed by atoms with Crippen LogP contribution in [-0.4, -0.2) is 4.98 Å². The summed E-state index contributed by atoms with van der Waals surface area (Å²) in [7, 11) is 0. The summed E-state index contributed by atoms with van der Waals surface area (Å²) in [5.41, 5.74) is 8.36. The van der Waals surface area contributed by atoms with Crippen molar-refractivity contribution in [2.45, 2.75) is 33.1 Å². The van der Waals surface area contributed by atoms with Crippen LogP contribution in [0.3, 0.4) is 0 Å². The van der Waals surface area contributed by atoms with Crippen LogP contribution in [0.2, 0.25) is 0 Å². The number of fused-ring (bicyclic) bond motifs is 1. The summed E-state index contributed by atoms with van der Waals surface area (Å²) in [5, 5.41) is 2.22. The Hall–Kier alpha value is -1.57. The van der Waals surface area contributed by atoms with Crippen molar-refractivity contribution < 1.29 is 0 Å². The molecule has 2 rings (SSSR count). The summed E-state index contributed by atoms with van der Waals surface area (Å²) in [4.78, 5) is 4.27. The number of hydrogen-bond acceptors (Lipinski definition) is 2. The standard InChI is InChI=1S/C14H18N2/c1-9-7-10-8-11(14(2,3)4)5-6-12(10)13(15)16-9/h5-8H,1-4H3,(H2,15,16). The Bertz CT molecular complexity index is 536. The Labute approximate surface area is 96.5 Å². The predicted molar refractivity (Wildman–Crippen MR) is 69.6 cm³/mol. The number of pyridine rings is 1. The summed E-state index contributed by atoms with van der Waals surface area (Å²) >= 11 is 0. The quantitative estimate of drug-likeness (QED) is 0.729. The second kappa shape index (κ2) is 3.48. The van der Waals surface area contributed by atoms with E-state index in [1.165, 1.54) is 10.9 Å². The molecule has 0 atom stereocenters. The number of rotatable bonds is 0. The monoisotopic (exact) mass is 214 g/mol. The summed E-state index contributed by atoms with van der Waals surface area (Å²) in [5.74, 6) is 0.621. The number of aromatic nitrogens is 1. The van der Waals surface area contributed by atoms with Crippen LogP contribution in [-0.2, 0) is 5.41 Å². The van der Waals surface area contributed by atoms with E-state index in [-0.39, 0.29) is 5.41 Å². The van der Waals surface area contributed by atoms with Gasteiger partial charge >= 0.3 is 0 Å². The molecule has 0 unspecified atom stereocenters. The van der Waals surface area contributed by atoms with Gasteiger partial charge in [-0.25, -0.2) is 4.98 Å². The van der Waals surface area contributed by atoms with Gasteiger partial charge in [0.2, 0.25) is 0 Å². The van der Waals surface area contributed by atoms with Crippen LogP contribution in [0.5, 0.6) is 0 Å². The molecule has 0 aliphatic rings. The molecular formula is C14H18N2. The zero-order chi connectivity index (χ0) is 11.9. The van der Waals surface area contributed by atoms with Crippen LogP contribution >= 0.6 is 0 Å². The molecule has 1 aromatic carbocycles. The molecule has 0 radical (unpaired) electrons.